The van der Waals surface area contributed by atoms with Crippen molar-refractivity contribution < 1.29 is 0 Å². The van der Waals surface area contributed by atoms with Gasteiger partial charge < -0.3 is 12.3 Å². The van der Waals surface area contributed by atoms with Crippen LogP contribution in [-0.2, 0) is 0 Å². The summed E-state index contributed by atoms with van der Waals surface area (Å²) >= 11 is 0. The Kier molecular flexibility index (Phi) is 25.4. The molecule has 0 unspecified atom stereocenters. The minimum Gasteiger partial charge on any atom is -0.344 e. The molecule has 0 aliphatic rings. The molecule has 6 N–H and O–H groups in total. The molecule has 0 saturated carbocycles. The van der Waals surface area contributed by atoms with Crippen molar-refractivity contribution in [2.24, 2.45) is 0 Å². The predicted octanol–water partition coefficient (Wildman–Crippen LogP) is 5.03. The standard InChI is InChI=1S/C12H24.2H3N/c1-3-5-7-9-11-12-10-8-6-4-2;;/h3H,1,4-12H2,2H3;2*1H3. The first kappa shape index (κ1) is 19.3. The summed E-state index contributed by atoms with van der Waals surface area (Å²) in [4.78, 5) is 0. The summed E-state index contributed by atoms with van der Waals surface area (Å²) in [5.74, 6) is 0. The second-order valence-corrected chi connectivity index (χ2v) is 3.55. The minimum atomic E-state index is 0. The zero-order chi connectivity index (χ0) is 9.07. The Balaban J connectivity index is -0.000000605. The molecule has 2 heteroatoms. The monoisotopic (exact) mass is 202 g/mol. The Hall–Kier alpha value is -0.340. The lowest BCUT2D eigenvalue weighted by Crippen LogP contribution is -1.79. The van der Waals surface area contributed by atoms with Gasteiger partial charge in [-0.15, -0.1) is 6.58 Å². The number of unbranched alkanes of at least 4 members (excludes halogenated alkanes) is 8. The quantitative estimate of drug-likeness (QED) is 0.407. The summed E-state index contributed by atoms with van der Waals surface area (Å²) in [6.45, 7) is 5.99. The molecule has 2 nitrogen and oxygen atoms in total. The van der Waals surface area contributed by atoms with Gasteiger partial charge in [0.25, 0.3) is 0 Å². The van der Waals surface area contributed by atoms with Crippen molar-refractivity contribution in [3.63, 3.8) is 0 Å². The van der Waals surface area contributed by atoms with Crippen LogP contribution in [0.25, 0.3) is 0 Å². The maximum atomic E-state index is 3.72. The predicted molar refractivity (Wildman–Crippen MR) is 67.5 cm³/mol. The van der Waals surface area contributed by atoms with Gasteiger partial charge in [0.05, 0.1) is 0 Å². The van der Waals surface area contributed by atoms with Gasteiger partial charge in [-0.3, -0.25) is 0 Å². The van der Waals surface area contributed by atoms with Crippen LogP contribution in [0.4, 0.5) is 0 Å². The summed E-state index contributed by atoms with van der Waals surface area (Å²) in [7, 11) is 0. The molecule has 0 saturated heterocycles. The highest BCUT2D eigenvalue weighted by atomic mass is 14.0. The van der Waals surface area contributed by atoms with Crippen LogP contribution in [0.1, 0.15) is 64.7 Å². The van der Waals surface area contributed by atoms with Gasteiger partial charge in [-0.1, -0.05) is 57.9 Å². The molecule has 0 radical (unpaired) electrons. The van der Waals surface area contributed by atoms with E-state index in [1.807, 2.05) is 6.08 Å². The lowest BCUT2D eigenvalue weighted by molar-refractivity contribution is 0.578. The van der Waals surface area contributed by atoms with Gasteiger partial charge in [0.15, 0.2) is 0 Å². The smallest absolute Gasteiger partial charge is 0.0353 e. The highest BCUT2D eigenvalue weighted by molar-refractivity contribution is 4.65. The van der Waals surface area contributed by atoms with Gasteiger partial charge >= 0.3 is 0 Å². The van der Waals surface area contributed by atoms with Crippen LogP contribution in [0.3, 0.4) is 0 Å². The zero-order valence-corrected chi connectivity index (χ0v) is 10.1. The van der Waals surface area contributed by atoms with Crippen molar-refractivity contribution in [2.75, 3.05) is 0 Å². The van der Waals surface area contributed by atoms with Crippen molar-refractivity contribution in [3.8, 4) is 0 Å². The molecule has 0 aliphatic heterocycles. The van der Waals surface area contributed by atoms with E-state index in [9.17, 15) is 0 Å². The first-order valence-electron chi connectivity index (χ1n) is 5.52. The highest BCUT2D eigenvalue weighted by Crippen LogP contribution is 2.09. The summed E-state index contributed by atoms with van der Waals surface area (Å²) in [5, 5.41) is 0. The van der Waals surface area contributed by atoms with Gasteiger partial charge in [0.2, 0.25) is 0 Å². The molecule has 0 rings (SSSR count). The molecular weight excluding hydrogens is 172 g/mol. The lowest BCUT2D eigenvalue weighted by Gasteiger charge is -1.99. The fourth-order valence-corrected chi connectivity index (χ4v) is 1.42. The topological polar surface area (TPSA) is 70.0 Å². The van der Waals surface area contributed by atoms with Crippen molar-refractivity contribution in [1.82, 2.24) is 12.3 Å². The normalized spacial score (nSPS) is 8.64. The van der Waals surface area contributed by atoms with E-state index in [2.05, 4.69) is 13.5 Å². The minimum absolute atomic E-state index is 0. The zero-order valence-electron chi connectivity index (χ0n) is 10.1. The van der Waals surface area contributed by atoms with Gasteiger partial charge in [-0.25, -0.2) is 0 Å². The Bertz CT molecular complexity index is 92.3. The van der Waals surface area contributed by atoms with Gasteiger partial charge in [0.1, 0.15) is 0 Å². The molecule has 0 atom stereocenters. The molecule has 0 fully saturated rings. The van der Waals surface area contributed by atoms with Crippen LogP contribution in [0, 0.1) is 0 Å². The Labute approximate surface area is 90.3 Å². The van der Waals surface area contributed by atoms with Crippen LogP contribution in [0.15, 0.2) is 12.7 Å². The van der Waals surface area contributed by atoms with E-state index in [0.717, 1.165) is 0 Å². The molecule has 0 heterocycles. The third-order valence-corrected chi connectivity index (χ3v) is 2.26. The van der Waals surface area contributed by atoms with Crippen molar-refractivity contribution >= 4 is 0 Å². The average molecular weight is 202 g/mol. The van der Waals surface area contributed by atoms with E-state index in [1.165, 1.54) is 57.8 Å². The molecule has 0 aromatic rings. The number of hydrogen-bond donors (Lipinski definition) is 2. The van der Waals surface area contributed by atoms with E-state index < -0.39 is 0 Å². The number of allylic oxidation sites excluding steroid dienone is 1. The van der Waals surface area contributed by atoms with Crippen LogP contribution >= 0.6 is 0 Å². The van der Waals surface area contributed by atoms with Crippen molar-refractivity contribution in [3.05, 3.63) is 12.7 Å². The molecule has 0 aliphatic carbocycles. The van der Waals surface area contributed by atoms with E-state index in [0.29, 0.717) is 0 Å². The summed E-state index contributed by atoms with van der Waals surface area (Å²) < 4.78 is 0. The summed E-state index contributed by atoms with van der Waals surface area (Å²) in [6, 6.07) is 0. The fourth-order valence-electron chi connectivity index (χ4n) is 1.42. The summed E-state index contributed by atoms with van der Waals surface area (Å²) in [5.41, 5.74) is 0. The Morgan fingerprint density at radius 3 is 1.64 bits per heavy atom. The van der Waals surface area contributed by atoms with E-state index >= 15 is 0 Å². The molecule has 0 aromatic heterocycles. The molecule has 0 bridgehead atoms. The molecule has 88 valence electrons. The van der Waals surface area contributed by atoms with Crippen LogP contribution in [-0.4, -0.2) is 0 Å². The molecule has 0 amide bonds. The van der Waals surface area contributed by atoms with E-state index in [1.54, 1.807) is 0 Å². The Morgan fingerprint density at radius 2 is 1.21 bits per heavy atom. The highest BCUT2D eigenvalue weighted by Gasteiger charge is 1.89. The summed E-state index contributed by atoms with van der Waals surface area (Å²) in [6.07, 6.45) is 14.5. The molecule has 0 aromatic carbocycles. The van der Waals surface area contributed by atoms with E-state index in [-0.39, 0.29) is 12.3 Å². The number of rotatable bonds is 9. The molecule has 14 heavy (non-hydrogen) atoms. The van der Waals surface area contributed by atoms with Crippen LogP contribution in [0.5, 0.6) is 0 Å². The second-order valence-electron chi connectivity index (χ2n) is 3.55. The second kappa shape index (κ2) is 18.4. The molecule has 0 spiro atoms. The van der Waals surface area contributed by atoms with E-state index in [4.69, 9.17) is 0 Å². The fraction of sp³-hybridized carbons (Fsp3) is 0.833. The third-order valence-electron chi connectivity index (χ3n) is 2.26. The first-order chi connectivity index (χ1) is 5.91. The average Bonchev–Trinajstić information content (AvgIpc) is 2.10. The largest absolute Gasteiger partial charge is 0.344 e. The van der Waals surface area contributed by atoms with Crippen molar-refractivity contribution in [1.29, 1.82) is 0 Å². The van der Waals surface area contributed by atoms with Crippen LogP contribution < -0.4 is 12.3 Å². The number of hydrogen-bond acceptors (Lipinski definition) is 2. The van der Waals surface area contributed by atoms with Crippen LogP contribution in [0.2, 0.25) is 0 Å². The lowest BCUT2D eigenvalue weighted by atomic mass is 10.1. The van der Waals surface area contributed by atoms with Gasteiger partial charge in [0, 0.05) is 0 Å². The maximum Gasteiger partial charge on any atom is -0.0353 e. The van der Waals surface area contributed by atoms with Gasteiger partial charge in [-0.05, 0) is 12.8 Å². The van der Waals surface area contributed by atoms with Gasteiger partial charge in [-0.2, -0.15) is 0 Å². The first-order valence-corrected chi connectivity index (χ1v) is 5.52. The Morgan fingerprint density at radius 1 is 0.786 bits per heavy atom. The SMILES string of the molecule is C=CCCCCCCCCCC.N.N. The molecular formula is C12H30N2. The third kappa shape index (κ3) is 17.7. The maximum absolute atomic E-state index is 3.72. The van der Waals surface area contributed by atoms with Crippen molar-refractivity contribution in [2.45, 2.75) is 64.7 Å².